The molecule has 26 heavy (non-hydrogen) atoms. The topological polar surface area (TPSA) is 19.0 Å². The Balaban J connectivity index is 1.96. The molecule has 3 atom stereocenters. The quantitative estimate of drug-likeness (QED) is 0.657. The van der Waals surface area contributed by atoms with Gasteiger partial charge in [-0.2, -0.15) is 0 Å². The van der Waals surface area contributed by atoms with Crippen molar-refractivity contribution >= 4 is 11.4 Å². The Morgan fingerprint density at radius 3 is 2.65 bits per heavy atom. The number of hydrogen-bond donors (Lipinski definition) is 0. The molecule has 0 N–H and O–H groups in total. The van der Waals surface area contributed by atoms with Gasteiger partial charge in [0.25, 0.3) is 0 Å². The zero-order chi connectivity index (χ0) is 18.9. The fourth-order valence-electron chi connectivity index (χ4n) is 4.02. The molecule has 4 nitrogen and oxygen atoms in total. The van der Waals surface area contributed by atoms with Crippen LogP contribution in [0.2, 0.25) is 0 Å². The van der Waals surface area contributed by atoms with E-state index in [9.17, 15) is 8.78 Å². The van der Waals surface area contributed by atoms with Gasteiger partial charge in [0.05, 0.1) is 29.2 Å². The summed E-state index contributed by atoms with van der Waals surface area (Å²) in [7, 11) is 3.52. The van der Waals surface area contributed by atoms with Gasteiger partial charge in [0, 0.05) is 24.7 Å². The summed E-state index contributed by atoms with van der Waals surface area (Å²) >= 11 is 0. The molecule has 1 aromatic rings. The fraction of sp³-hybridized carbons (Fsp3) is 0.474. The number of halogens is 3. The lowest BCUT2D eigenvalue weighted by Gasteiger charge is -2.52. The highest BCUT2D eigenvalue weighted by Gasteiger charge is 2.47. The van der Waals surface area contributed by atoms with E-state index in [1.807, 2.05) is 11.9 Å². The van der Waals surface area contributed by atoms with Crippen LogP contribution in [-0.2, 0) is 4.74 Å². The average molecular weight is 365 g/mol. The minimum atomic E-state index is -1.32. The highest BCUT2D eigenvalue weighted by atomic mass is 19.1. The number of likely N-dealkylation sites (N-methyl/N-ethyl adjacent to an activating group) is 2. The van der Waals surface area contributed by atoms with Gasteiger partial charge in [0.15, 0.2) is 17.9 Å². The van der Waals surface area contributed by atoms with Crippen molar-refractivity contribution in [2.75, 3.05) is 32.1 Å². The van der Waals surface area contributed by atoms with Gasteiger partial charge in [-0.3, -0.25) is 4.90 Å². The van der Waals surface area contributed by atoms with Gasteiger partial charge >= 0.3 is 0 Å². The van der Waals surface area contributed by atoms with E-state index in [1.165, 1.54) is 13.0 Å². The molecule has 140 valence electrons. The van der Waals surface area contributed by atoms with Crippen molar-refractivity contribution in [1.82, 2.24) is 9.80 Å². The Labute approximate surface area is 151 Å². The maximum absolute atomic E-state index is 15.3. The van der Waals surface area contributed by atoms with E-state index in [2.05, 4.69) is 6.58 Å². The van der Waals surface area contributed by atoms with Gasteiger partial charge in [0.1, 0.15) is 12.4 Å². The van der Waals surface area contributed by atoms with Crippen LogP contribution in [0.1, 0.15) is 18.1 Å². The first kappa shape index (κ1) is 17.3. The van der Waals surface area contributed by atoms with Crippen LogP contribution in [0.15, 0.2) is 24.1 Å². The number of benzene rings is 1. The molecule has 0 saturated carbocycles. The molecule has 0 aromatic heterocycles. The number of piperazine rings is 1. The molecule has 0 spiro atoms. The predicted octanol–water partition coefficient (Wildman–Crippen LogP) is 3.24. The van der Waals surface area contributed by atoms with Gasteiger partial charge in [0.2, 0.25) is 0 Å². The molecule has 3 heterocycles. The molecule has 7 heteroatoms. The standard InChI is InChI=1S/C19H22F3N3O/c1-9-14(20)6-13-16(15(9)21)24(5)10(2)18-17(13)25-12(8-26-18)7-23(4)11(3)19(25)22/h6,11-12,19H,2,7-8H2,1,3-5H3. The molecule has 0 amide bonds. The molecule has 0 aliphatic carbocycles. The van der Waals surface area contributed by atoms with E-state index in [4.69, 9.17) is 4.74 Å². The van der Waals surface area contributed by atoms with Crippen molar-refractivity contribution in [3.63, 3.8) is 0 Å². The fourth-order valence-corrected chi connectivity index (χ4v) is 4.02. The molecular weight excluding hydrogens is 343 g/mol. The van der Waals surface area contributed by atoms with E-state index in [0.29, 0.717) is 35.9 Å². The lowest BCUT2D eigenvalue weighted by Crippen LogP contribution is -2.62. The molecule has 0 bridgehead atoms. The minimum Gasteiger partial charge on any atom is -0.487 e. The zero-order valence-electron chi connectivity index (χ0n) is 15.3. The average Bonchev–Trinajstić information content (AvgIpc) is 2.61. The van der Waals surface area contributed by atoms with Crippen molar-refractivity contribution in [3.05, 3.63) is 46.9 Å². The summed E-state index contributed by atoms with van der Waals surface area (Å²) in [5.41, 5.74) is 1.28. The summed E-state index contributed by atoms with van der Waals surface area (Å²) in [5, 5.41) is 0. The van der Waals surface area contributed by atoms with E-state index < -0.39 is 17.9 Å². The summed E-state index contributed by atoms with van der Waals surface area (Å²) < 4.78 is 50.4. The molecule has 1 fully saturated rings. The largest absolute Gasteiger partial charge is 0.487 e. The first-order valence-electron chi connectivity index (χ1n) is 8.65. The van der Waals surface area contributed by atoms with Crippen LogP contribution in [0.25, 0.3) is 5.70 Å². The lowest BCUT2D eigenvalue weighted by molar-refractivity contribution is -0.0617. The van der Waals surface area contributed by atoms with Crippen molar-refractivity contribution in [2.24, 2.45) is 0 Å². The Kier molecular flexibility index (Phi) is 3.77. The second kappa shape index (κ2) is 5.67. The number of rotatable bonds is 0. The number of nitrogens with zero attached hydrogens (tertiary/aromatic N) is 3. The summed E-state index contributed by atoms with van der Waals surface area (Å²) in [6, 6.07) is 0.684. The van der Waals surface area contributed by atoms with Crippen LogP contribution in [0, 0.1) is 18.6 Å². The molecule has 0 radical (unpaired) electrons. The molecule has 1 saturated heterocycles. The second-order valence-corrected chi connectivity index (χ2v) is 7.30. The van der Waals surface area contributed by atoms with Crippen LogP contribution < -0.4 is 4.90 Å². The molecule has 3 aliphatic heterocycles. The van der Waals surface area contributed by atoms with Crippen LogP contribution in [-0.4, -0.2) is 55.4 Å². The highest BCUT2D eigenvalue weighted by molar-refractivity contribution is 5.86. The molecule has 4 rings (SSSR count). The van der Waals surface area contributed by atoms with E-state index in [1.54, 1.807) is 23.8 Å². The van der Waals surface area contributed by atoms with Gasteiger partial charge in [-0.1, -0.05) is 6.58 Å². The summed E-state index contributed by atoms with van der Waals surface area (Å²) in [4.78, 5) is 5.10. The van der Waals surface area contributed by atoms with Crippen molar-refractivity contribution < 1.29 is 17.9 Å². The summed E-state index contributed by atoms with van der Waals surface area (Å²) in [6.07, 6.45) is -1.32. The normalized spacial score (nSPS) is 28.6. The summed E-state index contributed by atoms with van der Waals surface area (Å²) in [5.74, 6) is -0.929. The molecule has 3 unspecified atom stereocenters. The Morgan fingerprint density at radius 2 is 1.96 bits per heavy atom. The van der Waals surface area contributed by atoms with E-state index in [-0.39, 0.29) is 23.3 Å². The summed E-state index contributed by atoms with van der Waals surface area (Å²) in [6.45, 7) is 8.09. The second-order valence-electron chi connectivity index (χ2n) is 7.30. The first-order valence-corrected chi connectivity index (χ1v) is 8.65. The highest BCUT2D eigenvalue weighted by Crippen LogP contribution is 2.47. The van der Waals surface area contributed by atoms with Gasteiger partial charge < -0.3 is 14.5 Å². The Bertz CT molecular complexity index is 838. The molecular formula is C19H22F3N3O. The number of alkyl halides is 1. The van der Waals surface area contributed by atoms with Gasteiger partial charge in [-0.05, 0) is 27.0 Å². The number of fused-ring (bicyclic) bond motifs is 4. The van der Waals surface area contributed by atoms with Gasteiger partial charge in [-0.15, -0.1) is 0 Å². The zero-order valence-corrected chi connectivity index (χ0v) is 15.3. The maximum atomic E-state index is 15.3. The number of ether oxygens (including phenoxy) is 1. The van der Waals surface area contributed by atoms with Crippen LogP contribution in [0.5, 0.6) is 0 Å². The minimum absolute atomic E-state index is 0.0655. The third-order valence-electron chi connectivity index (χ3n) is 5.82. The smallest absolute Gasteiger partial charge is 0.188 e. The lowest BCUT2D eigenvalue weighted by atomic mass is 9.93. The third-order valence-corrected chi connectivity index (χ3v) is 5.82. The first-order chi connectivity index (χ1) is 12.2. The number of anilines is 1. The molecule has 1 aromatic carbocycles. The monoisotopic (exact) mass is 365 g/mol. The van der Waals surface area contributed by atoms with Crippen LogP contribution >= 0.6 is 0 Å². The van der Waals surface area contributed by atoms with E-state index in [0.717, 1.165) is 0 Å². The van der Waals surface area contributed by atoms with Gasteiger partial charge in [-0.25, -0.2) is 13.2 Å². The van der Waals surface area contributed by atoms with Crippen LogP contribution in [0.3, 0.4) is 0 Å². The van der Waals surface area contributed by atoms with Crippen molar-refractivity contribution in [3.8, 4) is 0 Å². The van der Waals surface area contributed by atoms with Crippen molar-refractivity contribution in [2.45, 2.75) is 32.2 Å². The maximum Gasteiger partial charge on any atom is 0.188 e. The third kappa shape index (κ3) is 2.13. The SMILES string of the molecule is C=C1C2=C(c3cc(F)c(C)c(F)c3N1C)N1C(CO2)CN(C)C(C)C1F. The Morgan fingerprint density at radius 1 is 1.27 bits per heavy atom. The molecule has 3 aliphatic rings. The number of hydrogen-bond acceptors (Lipinski definition) is 4. The van der Waals surface area contributed by atoms with E-state index >= 15 is 4.39 Å². The van der Waals surface area contributed by atoms with Crippen LogP contribution in [0.4, 0.5) is 18.9 Å². The Hall–Kier alpha value is -2.15. The predicted molar refractivity (Wildman–Crippen MR) is 94.1 cm³/mol. The van der Waals surface area contributed by atoms with Crippen molar-refractivity contribution in [1.29, 1.82) is 0 Å².